The average molecular weight is 362 g/mol. The van der Waals surface area contributed by atoms with E-state index in [4.69, 9.17) is 0 Å². The third-order valence-electron chi connectivity index (χ3n) is 3.70. The van der Waals surface area contributed by atoms with Gasteiger partial charge < -0.3 is 0 Å². The van der Waals surface area contributed by atoms with Crippen molar-refractivity contribution in [2.75, 3.05) is 5.75 Å². The van der Waals surface area contributed by atoms with E-state index in [9.17, 15) is 8.42 Å². The Bertz CT molecular complexity index is 927. The molecule has 0 atom stereocenters. The van der Waals surface area contributed by atoms with Gasteiger partial charge in [0.2, 0.25) is 0 Å². The fourth-order valence-electron chi connectivity index (χ4n) is 2.34. The smallest absolute Gasteiger partial charge is 0.178 e. The lowest BCUT2D eigenvalue weighted by Gasteiger charge is -2.05. The molecule has 0 N–H and O–H groups in total. The normalized spacial score (nSPS) is 11.8. The van der Waals surface area contributed by atoms with Crippen molar-refractivity contribution in [1.82, 2.24) is 20.0 Å². The molecule has 0 aliphatic carbocycles. The zero-order valence-corrected chi connectivity index (χ0v) is 15.1. The Balaban J connectivity index is 1.61. The summed E-state index contributed by atoms with van der Waals surface area (Å²) in [5.74, 6) is 0.0881. The molecule has 1 aromatic carbocycles. The van der Waals surface area contributed by atoms with Crippen LogP contribution in [0.5, 0.6) is 0 Å². The van der Waals surface area contributed by atoms with E-state index < -0.39 is 9.84 Å². The number of hydrogen-bond acceptors (Lipinski definition) is 6. The van der Waals surface area contributed by atoms with Gasteiger partial charge in [-0.15, -0.1) is 16.4 Å². The van der Waals surface area contributed by atoms with Gasteiger partial charge in [0.15, 0.2) is 9.84 Å². The molecule has 0 unspecified atom stereocenters. The summed E-state index contributed by atoms with van der Waals surface area (Å²) < 4.78 is 26.3. The molecule has 0 saturated carbocycles. The standard InChI is InChI=1S/C16H18N4O2S2/c1-12-4-6-14(7-5-12)24(21,22)9-3-8-20-10-15(18-19-20)16-13(2)17-11-23-16/h4-7,10-11H,3,8-9H2,1-2H3. The summed E-state index contributed by atoms with van der Waals surface area (Å²) in [6.07, 6.45) is 2.32. The maximum atomic E-state index is 12.3. The minimum atomic E-state index is -3.26. The van der Waals surface area contributed by atoms with Crippen LogP contribution < -0.4 is 0 Å². The Hall–Kier alpha value is -2.06. The summed E-state index contributed by atoms with van der Waals surface area (Å²) in [4.78, 5) is 5.56. The molecule has 0 bridgehead atoms. The predicted octanol–water partition coefficient (Wildman–Crippen LogP) is 2.88. The van der Waals surface area contributed by atoms with Crippen LogP contribution in [0.25, 0.3) is 10.6 Å². The van der Waals surface area contributed by atoms with Gasteiger partial charge in [-0.2, -0.15) is 0 Å². The quantitative estimate of drug-likeness (QED) is 0.674. The first-order chi connectivity index (χ1) is 11.5. The molecule has 0 amide bonds. The molecule has 6 nitrogen and oxygen atoms in total. The van der Waals surface area contributed by atoms with Crippen LogP contribution >= 0.6 is 11.3 Å². The molecule has 126 valence electrons. The number of aryl methyl sites for hydroxylation is 3. The first-order valence-electron chi connectivity index (χ1n) is 7.56. The molecular formula is C16H18N4O2S2. The van der Waals surface area contributed by atoms with Crippen molar-refractivity contribution >= 4 is 21.2 Å². The summed E-state index contributed by atoms with van der Waals surface area (Å²) in [5, 5.41) is 8.20. The maximum Gasteiger partial charge on any atom is 0.178 e. The van der Waals surface area contributed by atoms with E-state index in [1.807, 2.05) is 32.2 Å². The monoisotopic (exact) mass is 362 g/mol. The van der Waals surface area contributed by atoms with Crippen LogP contribution in [-0.2, 0) is 16.4 Å². The summed E-state index contributed by atoms with van der Waals surface area (Å²) >= 11 is 1.52. The van der Waals surface area contributed by atoms with Gasteiger partial charge >= 0.3 is 0 Å². The minimum Gasteiger partial charge on any atom is -0.252 e. The fraction of sp³-hybridized carbons (Fsp3) is 0.312. The molecule has 0 aliphatic heterocycles. The molecule has 8 heteroatoms. The Morgan fingerprint density at radius 2 is 1.92 bits per heavy atom. The molecule has 3 rings (SSSR count). The highest BCUT2D eigenvalue weighted by Crippen LogP contribution is 2.24. The van der Waals surface area contributed by atoms with Gasteiger partial charge in [0, 0.05) is 6.54 Å². The van der Waals surface area contributed by atoms with E-state index in [-0.39, 0.29) is 5.75 Å². The van der Waals surface area contributed by atoms with Crippen LogP contribution in [-0.4, -0.2) is 34.1 Å². The molecular weight excluding hydrogens is 344 g/mol. The van der Waals surface area contributed by atoms with E-state index in [2.05, 4.69) is 15.3 Å². The SMILES string of the molecule is Cc1ccc(S(=O)(=O)CCCn2cc(-c3scnc3C)nn2)cc1. The zero-order chi connectivity index (χ0) is 17.2. The van der Waals surface area contributed by atoms with Gasteiger partial charge in [-0.05, 0) is 32.4 Å². The first kappa shape index (κ1) is 16.8. The second-order valence-corrected chi connectivity index (χ2v) is 8.58. The Labute approximate surface area is 145 Å². The third-order valence-corrected chi connectivity index (χ3v) is 6.46. The van der Waals surface area contributed by atoms with Gasteiger partial charge in [0.05, 0.1) is 32.9 Å². The second kappa shape index (κ2) is 6.82. The van der Waals surface area contributed by atoms with E-state index in [0.717, 1.165) is 21.8 Å². The highest BCUT2D eigenvalue weighted by atomic mass is 32.2. The lowest BCUT2D eigenvalue weighted by atomic mass is 10.2. The van der Waals surface area contributed by atoms with Gasteiger partial charge in [-0.1, -0.05) is 22.9 Å². The number of nitrogens with zero attached hydrogens (tertiary/aromatic N) is 4. The third kappa shape index (κ3) is 3.70. The number of hydrogen-bond donors (Lipinski definition) is 0. The van der Waals surface area contributed by atoms with E-state index in [1.54, 1.807) is 22.3 Å². The zero-order valence-electron chi connectivity index (χ0n) is 13.5. The van der Waals surface area contributed by atoms with Crippen molar-refractivity contribution in [3.63, 3.8) is 0 Å². The Morgan fingerprint density at radius 3 is 2.58 bits per heavy atom. The maximum absolute atomic E-state index is 12.3. The summed E-state index contributed by atoms with van der Waals surface area (Å²) in [5.41, 5.74) is 4.52. The number of aromatic nitrogens is 4. The van der Waals surface area contributed by atoms with Crippen LogP contribution in [0.15, 0.2) is 40.9 Å². The number of thiazole rings is 1. The highest BCUT2D eigenvalue weighted by molar-refractivity contribution is 7.91. The molecule has 2 aromatic heterocycles. The summed E-state index contributed by atoms with van der Waals surface area (Å²) in [7, 11) is -3.26. The molecule has 0 spiro atoms. The topological polar surface area (TPSA) is 77.7 Å². The fourth-order valence-corrected chi connectivity index (χ4v) is 4.39. The second-order valence-electron chi connectivity index (χ2n) is 5.62. The van der Waals surface area contributed by atoms with Crippen molar-refractivity contribution in [2.45, 2.75) is 31.7 Å². The van der Waals surface area contributed by atoms with Crippen molar-refractivity contribution in [1.29, 1.82) is 0 Å². The van der Waals surface area contributed by atoms with Crippen molar-refractivity contribution in [3.8, 4) is 10.6 Å². The van der Waals surface area contributed by atoms with Crippen LogP contribution in [0.1, 0.15) is 17.7 Å². The molecule has 0 radical (unpaired) electrons. The van der Waals surface area contributed by atoms with Gasteiger partial charge in [0.1, 0.15) is 5.69 Å². The molecule has 0 aliphatic rings. The predicted molar refractivity (Wildman–Crippen MR) is 93.7 cm³/mol. The van der Waals surface area contributed by atoms with Crippen LogP contribution in [0, 0.1) is 13.8 Å². The number of sulfone groups is 1. The Morgan fingerprint density at radius 1 is 1.17 bits per heavy atom. The van der Waals surface area contributed by atoms with Crippen LogP contribution in [0.2, 0.25) is 0 Å². The molecule has 0 saturated heterocycles. The van der Waals surface area contributed by atoms with Gasteiger partial charge in [-0.25, -0.2) is 13.4 Å². The van der Waals surface area contributed by atoms with Crippen LogP contribution in [0.4, 0.5) is 0 Å². The first-order valence-corrected chi connectivity index (χ1v) is 10.1. The Kier molecular flexibility index (Phi) is 4.77. The molecule has 0 fully saturated rings. The highest BCUT2D eigenvalue weighted by Gasteiger charge is 2.14. The minimum absolute atomic E-state index is 0.0881. The molecule has 24 heavy (non-hydrogen) atoms. The van der Waals surface area contributed by atoms with E-state index in [0.29, 0.717) is 17.9 Å². The summed E-state index contributed by atoms with van der Waals surface area (Å²) in [6, 6.07) is 6.94. The average Bonchev–Trinajstić information content (AvgIpc) is 3.16. The van der Waals surface area contributed by atoms with E-state index >= 15 is 0 Å². The largest absolute Gasteiger partial charge is 0.252 e. The molecule has 2 heterocycles. The van der Waals surface area contributed by atoms with Gasteiger partial charge in [0.25, 0.3) is 0 Å². The van der Waals surface area contributed by atoms with Gasteiger partial charge in [-0.3, -0.25) is 4.68 Å². The van der Waals surface area contributed by atoms with E-state index in [1.165, 1.54) is 11.3 Å². The lowest BCUT2D eigenvalue weighted by Crippen LogP contribution is -2.10. The molecule has 3 aromatic rings. The number of benzene rings is 1. The van der Waals surface area contributed by atoms with Crippen molar-refractivity contribution in [2.24, 2.45) is 0 Å². The van der Waals surface area contributed by atoms with Crippen molar-refractivity contribution in [3.05, 3.63) is 47.2 Å². The van der Waals surface area contributed by atoms with Crippen molar-refractivity contribution < 1.29 is 8.42 Å². The lowest BCUT2D eigenvalue weighted by molar-refractivity contribution is 0.561. The summed E-state index contributed by atoms with van der Waals surface area (Å²) in [6.45, 7) is 4.37. The number of rotatable bonds is 6. The van der Waals surface area contributed by atoms with Crippen LogP contribution in [0.3, 0.4) is 0 Å².